The van der Waals surface area contributed by atoms with Crippen LogP contribution in [-0.2, 0) is 9.53 Å². The van der Waals surface area contributed by atoms with Crippen LogP contribution in [0.3, 0.4) is 0 Å². The first-order chi connectivity index (χ1) is 8.72. The van der Waals surface area contributed by atoms with Crippen LogP contribution in [0.2, 0.25) is 0 Å². The van der Waals surface area contributed by atoms with Gasteiger partial charge in [-0.3, -0.25) is 4.79 Å². The summed E-state index contributed by atoms with van der Waals surface area (Å²) in [5, 5.41) is 0. The minimum Gasteiger partial charge on any atom is -0.468 e. The number of aryl methyl sites for hydroxylation is 1. The van der Waals surface area contributed by atoms with E-state index in [9.17, 15) is 4.79 Å². The molecule has 108 valence electrons. The lowest BCUT2D eigenvalue weighted by molar-refractivity contribution is -0.139. The molecule has 0 saturated heterocycles. The summed E-state index contributed by atoms with van der Waals surface area (Å²) < 4.78 is 6.32. The Hall–Kier alpha value is -0.130. The fraction of sp³-hybridized carbons (Fsp3) is 0.417. The number of rotatable bonds is 4. The summed E-state index contributed by atoms with van der Waals surface area (Å²) in [5.41, 5.74) is 1.22. The Labute approximate surface area is 133 Å². The highest BCUT2D eigenvalue weighted by molar-refractivity contribution is 7.97. The smallest absolute Gasteiger partial charge is 0.320 e. The van der Waals surface area contributed by atoms with Gasteiger partial charge in [0.15, 0.2) is 3.79 Å². The first kappa shape index (κ1) is 18.9. The van der Waals surface area contributed by atoms with Crippen LogP contribution in [0, 0.1) is 6.92 Å². The molecule has 1 aromatic carbocycles. The standard InChI is InChI=1S/C10H13NO2S.C2H3Cl3/c1-8-3-5-9(6-4-8)14-11-7-10(12)13-2;1-2(3,4)5/h3-6,11H,7H2,1-2H3;1H3. The Morgan fingerprint density at radius 2 is 1.79 bits per heavy atom. The van der Waals surface area contributed by atoms with Crippen LogP contribution in [0.15, 0.2) is 29.2 Å². The van der Waals surface area contributed by atoms with Crippen molar-refractivity contribution in [3.05, 3.63) is 29.8 Å². The van der Waals surface area contributed by atoms with Crippen LogP contribution in [0.25, 0.3) is 0 Å². The molecule has 3 nitrogen and oxygen atoms in total. The lowest BCUT2D eigenvalue weighted by Gasteiger charge is -2.02. The van der Waals surface area contributed by atoms with E-state index in [4.69, 9.17) is 34.8 Å². The van der Waals surface area contributed by atoms with Crippen LogP contribution in [-0.4, -0.2) is 23.4 Å². The van der Waals surface area contributed by atoms with Crippen molar-refractivity contribution in [2.75, 3.05) is 13.7 Å². The van der Waals surface area contributed by atoms with E-state index in [-0.39, 0.29) is 12.5 Å². The molecule has 1 rings (SSSR count). The average Bonchev–Trinajstić information content (AvgIpc) is 2.29. The molecule has 0 atom stereocenters. The molecule has 0 aliphatic rings. The largest absolute Gasteiger partial charge is 0.468 e. The Bertz CT molecular complexity index is 374. The number of halogens is 3. The predicted octanol–water partition coefficient (Wildman–Crippen LogP) is 4.14. The normalized spacial score (nSPS) is 10.4. The molecule has 0 saturated carbocycles. The lowest BCUT2D eigenvalue weighted by atomic mass is 10.2. The highest BCUT2D eigenvalue weighted by Gasteiger charge is 2.07. The van der Waals surface area contributed by atoms with Gasteiger partial charge in [-0.25, -0.2) is 4.72 Å². The molecule has 0 aliphatic carbocycles. The summed E-state index contributed by atoms with van der Waals surface area (Å²) in [6.45, 7) is 3.74. The molecule has 0 radical (unpaired) electrons. The minimum atomic E-state index is -1.08. The van der Waals surface area contributed by atoms with Crippen LogP contribution in [0.1, 0.15) is 12.5 Å². The van der Waals surface area contributed by atoms with Gasteiger partial charge in [0.05, 0.1) is 7.11 Å². The Kier molecular flexibility index (Phi) is 9.66. The van der Waals surface area contributed by atoms with Crippen LogP contribution < -0.4 is 4.72 Å². The van der Waals surface area contributed by atoms with Gasteiger partial charge in [0, 0.05) is 4.90 Å². The summed E-state index contributed by atoms with van der Waals surface area (Å²) in [4.78, 5) is 11.8. The summed E-state index contributed by atoms with van der Waals surface area (Å²) in [6.07, 6.45) is 0. The van der Waals surface area contributed by atoms with Crippen molar-refractivity contribution in [1.29, 1.82) is 0 Å². The van der Waals surface area contributed by atoms with Crippen molar-refractivity contribution in [3.8, 4) is 0 Å². The number of ether oxygens (including phenoxy) is 1. The molecule has 0 heterocycles. The molecule has 1 N–H and O–H groups in total. The molecule has 7 heteroatoms. The highest BCUT2D eigenvalue weighted by Crippen LogP contribution is 2.23. The van der Waals surface area contributed by atoms with Crippen molar-refractivity contribution in [2.24, 2.45) is 0 Å². The Morgan fingerprint density at radius 3 is 2.21 bits per heavy atom. The number of hydrogen-bond donors (Lipinski definition) is 1. The van der Waals surface area contributed by atoms with Gasteiger partial charge in [-0.05, 0) is 37.9 Å². The number of hydrogen-bond acceptors (Lipinski definition) is 4. The number of alkyl halides is 3. The van der Waals surface area contributed by atoms with E-state index in [2.05, 4.69) is 9.46 Å². The van der Waals surface area contributed by atoms with E-state index < -0.39 is 3.79 Å². The van der Waals surface area contributed by atoms with E-state index in [1.54, 1.807) is 0 Å². The number of nitrogens with one attached hydrogen (secondary N) is 1. The van der Waals surface area contributed by atoms with E-state index in [0.717, 1.165) is 4.90 Å². The van der Waals surface area contributed by atoms with Gasteiger partial charge < -0.3 is 4.74 Å². The molecule has 0 spiro atoms. The van der Waals surface area contributed by atoms with Gasteiger partial charge >= 0.3 is 5.97 Å². The zero-order chi connectivity index (χ0) is 14.9. The molecule has 19 heavy (non-hydrogen) atoms. The van der Waals surface area contributed by atoms with Gasteiger partial charge in [-0.15, -0.1) is 0 Å². The second-order valence-electron chi connectivity index (χ2n) is 3.59. The number of benzene rings is 1. The molecule has 0 amide bonds. The van der Waals surface area contributed by atoms with Gasteiger partial charge in [0.1, 0.15) is 6.54 Å². The SMILES string of the molecule is CC(Cl)(Cl)Cl.COC(=O)CNSc1ccc(C)cc1. The van der Waals surface area contributed by atoms with E-state index in [0.29, 0.717) is 0 Å². The molecule has 0 bridgehead atoms. The predicted molar refractivity (Wildman–Crippen MR) is 83.0 cm³/mol. The van der Waals surface area contributed by atoms with E-state index in [1.165, 1.54) is 31.5 Å². The van der Waals surface area contributed by atoms with Crippen molar-refractivity contribution < 1.29 is 9.53 Å². The highest BCUT2D eigenvalue weighted by atomic mass is 35.6. The minimum absolute atomic E-state index is 0.217. The van der Waals surface area contributed by atoms with Crippen molar-refractivity contribution in [3.63, 3.8) is 0 Å². The van der Waals surface area contributed by atoms with Gasteiger partial charge in [0.25, 0.3) is 0 Å². The summed E-state index contributed by atoms with van der Waals surface area (Å²) >= 11 is 16.6. The average molecular weight is 345 g/mol. The van der Waals surface area contributed by atoms with Crippen LogP contribution in [0.4, 0.5) is 0 Å². The quantitative estimate of drug-likeness (QED) is 0.506. The topological polar surface area (TPSA) is 38.3 Å². The molecular formula is C12H16Cl3NO2S. The molecule has 0 fully saturated rings. The maximum atomic E-state index is 10.8. The molecule has 0 aliphatic heterocycles. The fourth-order valence-corrected chi connectivity index (χ4v) is 1.49. The third-order valence-electron chi connectivity index (χ3n) is 1.66. The molecular weight excluding hydrogens is 329 g/mol. The monoisotopic (exact) mass is 343 g/mol. The first-order valence-electron chi connectivity index (χ1n) is 5.32. The van der Waals surface area contributed by atoms with Gasteiger partial charge in [0.2, 0.25) is 0 Å². The Balaban J connectivity index is 0.000000555. The molecule has 1 aromatic rings. The first-order valence-corrected chi connectivity index (χ1v) is 7.27. The number of esters is 1. The van der Waals surface area contributed by atoms with Gasteiger partial charge in [-0.2, -0.15) is 0 Å². The zero-order valence-corrected chi connectivity index (χ0v) is 14.0. The van der Waals surface area contributed by atoms with Crippen LogP contribution in [0.5, 0.6) is 0 Å². The number of carbonyl (C=O) groups is 1. The van der Waals surface area contributed by atoms with Crippen molar-refractivity contribution >= 4 is 52.7 Å². The molecule has 0 aromatic heterocycles. The summed E-state index contributed by atoms with van der Waals surface area (Å²) in [5.74, 6) is -0.260. The fourth-order valence-electron chi connectivity index (χ4n) is 0.857. The van der Waals surface area contributed by atoms with Gasteiger partial charge in [-0.1, -0.05) is 52.5 Å². The Morgan fingerprint density at radius 1 is 1.32 bits per heavy atom. The third kappa shape index (κ3) is 14.1. The maximum absolute atomic E-state index is 10.8. The third-order valence-corrected chi connectivity index (χ3v) is 2.45. The summed E-state index contributed by atoms with van der Waals surface area (Å²) in [6, 6.07) is 8.07. The number of methoxy groups -OCH3 is 1. The van der Waals surface area contributed by atoms with E-state index >= 15 is 0 Å². The van der Waals surface area contributed by atoms with E-state index in [1.807, 2.05) is 31.2 Å². The number of carbonyl (C=O) groups excluding carboxylic acids is 1. The van der Waals surface area contributed by atoms with Crippen LogP contribution >= 0.6 is 46.8 Å². The second-order valence-corrected chi connectivity index (χ2v) is 7.41. The lowest BCUT2D eigenvalue weighted by Crippen LogP contribution is -2.17. The maximum Gasteiger partial charge on any atom is 0.320 e. The zero-order valence-electron chi connectivity index (χ0n) is 10.9. The van der Waals surface area contributed by atoms with Crippen molar-refractivity contribution in [2.45, 2.75) is 22.5 Å². The molecule has 0 unspecified atom stereocenters. The second kappa shape index (κ2) is 9.72. The van der Waals surface area contributed by atoms with Crippen molar-refractivity contribution in [1.82, 2.24) is 4.72 Å². The summed E-state index contributed by atoms with van der Waals surface area (Å²) in [7, 11) is 1.38.